The second-order valence-corrected chi connectivity index (χ2v) is 6.41. The van der Waals surface area contributed by atoms with Crippen LogP contribution < -0.4 is 5.32 Å². The Morgan fingerprint density at radius 2 is 2.00 bits per heavy atom. The van der Waals surface area contributed by atoms with Gasteiger partial charge in [-0.25, -0.2) is 0 Å². The van der Waals surface area contributed by atoms with E-state index in [1.165, 1.54) is 51.6 Å². The zero-order chi connectivity index (χ0) is 13.4. The van der Waals surface area contributed by atoms with Crippen molar-refractivity contribution in [2.24, 2.45) is 5.92 Å². The van der Waals surface area contributed by atoms with E-state index in [1.54, 1.807) is 0 Å². The van der Waals surface area contributed by atoms with Gasteiger partial charge in [0, 0.05) is 18.6 Å². The van der Waals surface area contributed by atoms with Crippen molar-refractivity contribution in [1.29, 1.82) is 0 Å². The first kappa shape index (κ1) is 16.0. The van der Waals surface area contributed by atoms with Gasteiger partial charge in [0.15, 0.2) is 0 Å². The third-order valence-corrected chi connectivity index (χ3v) is 4.20. The van der Waals surface area contributed by atoms with Crippen molar-refractivity contribution in [2.75, 3.05) is 19.6 Å². The Bertz CT molecular complexity index is 201. The van der Waals surface area contributed by atoms with Crippen LogP contribution in [-0.4, -0.2) is 36.6 Å². The minimum Gasteiger partial charge on any atom is -0.315 e. The molecule has 1 N–H and O–H groups in total. The van der Waals surface area contributed by atoms with Crippen LogP contribution in [0.5, 0.6) is 0 Å². The lowest BCUT2D eigenvalue weighted by Crippen LogP contribution is -2.48. The van der Waals surface area contributed by atoms with Gasteiger partial charge in [0.2, 0.25) is 0 Å². The summed E-state index contributed by atoms with van der Waals surface area (Å²) in [5.41, 5.74) is 0. The smallest absolute Gasteiger partial charge is 0.0195 e. The van der Waals surface area contributed by atoms with E-state index in [2.05, 4.69) is 37.9 Å². The molecule has 108 valence electrons. The summed E-state index contributed by atoms with van der Waals surface area (Å²) < 4.78 is 0. The molecule has 0 aromatic heterocycles. The van der Waals surface area contributed by atoms with E-state index in [0.717, 1.165) is 18.5 Å². The molecule has 1 aliphatic heterocycles. The second-order valence-electron chi connectivity index (χ2n) is 6.41. The normalized spacial score (nSPS) is 23.5. The minimum absolute atomic E-state index is 0.703. The predicted octanol–water partition coefficient (Wildman–Crippen LogP) is 3.67. The van der Waals surface area contributed by atoms with Crippen LogP contribution in [0.1, 0.15) is 66.2 Å². The molecular weight excluding hydrogens is 220 g/mol. The van der Waals surface area contributed by atoms with Gasteiger partial charge in [-0.05, 0) is 51.6 Å². The standard InChI is InChI=1S/C16H34N2/c1-5-8-16-9-6-7-12-18(16)15(4)13-17-11-10-14(2)3/h14-17H,5-13H2,1-4H3. The van der Waals surface area contributed by atoms with Crippen LogP contribution in [0.4, 0.5) is 0 Å². The van der Waals surface area contributed by atoms with Gasteiger partial charge in [-0.2, -0.15) is 0 Å². The molecule has 2 unspecified atom stereocenters. The van der Waals surface area contributed by atoms with E-state index in [0.29, 0.717) is 6.04 Å². The third kappa shape index (κ3) is 5.71. The highest BCUT2D eigenvalue weighted by molar-refractivity contribution is 4.81. The molecule has 0 spiro atoms. The minimum atomic E-state index is 0.703. The Labute approximate surface area is 115 Å². The first-order chi connectivity index (χ1) is 8.65. The van der Waals surface area contributed by atoms with Crippen molar-refractivity contribution in [3.63, 3.8) is 0 Å². The van der Waals surface area contributed by atoms with Crippen molar-refractivity contribution < 1.29 is 0 Å². The number of nitrogens with zero attached hydrogens (tertiary/aromatic N) is 1. The highest BCUT2D eigenvalue weighted by Gasteiger charge is 2.25. The first-order valence-electron chi connectivity index (χ1n) is 8.11. The van der Waals surface area contributed by atoms with Crippen molar-refractivity contribution in [3.8, 4) is 0 Å². The lowest BCUT2D eigenvalue weighted by atomic mass is 9.96. The molecule has 1 saturated heterocycles. The number of hydrogen-bond donors (Lipinski definition) is 1. The van der Waals surface area contributed by atoms with Gasteiger partial charge in [0.1, 0.15) is 0 Å². The molecule has 0 saturated carbocycles. The Balaban J connectivity index is 2.26. The van der Waals surface area contributed by atoms with Crippen LogP contribution in [0.3, 0.4) is 0 Å². The Morgan fingerprint density at radius 1 is 1.22 bits per heavy atom. The lowest BCUT2D eigenvalue weighted by molar-refractivity contribution is 0.0955. The summed E-state index contributed by atoms with van der Waals surface area (Å²) in [4.78, 5) is 2.76. The van der Waals surface area contributed by atoms with E-state index in [4.69, 9.17) is 0 Å². The number of rotatable bonds is 8. The summed E-state index contributed by atoms with van der Waals surface area (Å²) in [6.07, 6.45) is 8.27. The van der Waals surface area contributed by atoms with Crippen LogP contribution >= 0.6 is 0 Å². The van der Waals surface area contributed by atoms with Crippen LogP contribution in [0, 0.1) is 5.92 Å². The maximum Gasteiger partial charge on any atom is 0.0195 e. The van der Waals surface area contributed by atoms with Gasteiger partial charge in [-0.15, -0.1) is 0 Å². The van der Waals surface area contributed by atoms with E-state index in [1.807, 2.05) is 0 Å². The van der Waals surface area contributed by atoms with Gasteiger partial charge >= 0.3 is 0 Å². The van der Waals surface area contributed by atoms with Gasteiger partial charge in [0.05, 0.1) is 0 Å². The van der Waals surface area contributed by atoms with Crippen molar-refractivity contribution >= 4 is 0 Å². The summed E-state index contributed by atoms with van der Waals surface area (Å²) in [6, 6.07) is 1.56. The van der Waals surface area contributed by atoms with Gasteiger partial charge in [-0.3, -0.25) is 4.90 Å². The highest BCUT2D eigenvalue weighted by Crippen LogP contribution is 2.22. The molecular formula is C16H34N2. The number of hydrogen-bond acceptors (Lipinski definition) is 2. The number of likely N-dealkylation sites (tertiary alicyclic amines) is 1. The Morgan fingerprint density at radius 3 is 2.67 bits per heavy atom. The molecule has 18 heavy (non-hydrogen) atoms. The van der Waals surface area contributed by atoms with Crippen LogP contribution in [0.2, 0.25) is 0 Å². The van der Waals surface area contributed by atoms with Crippen LogP contribution in [0.15, 0.2) is 0 Å². The molecule has 0 aromatic rings. The summed E-state index contributed by atoms with van der Waals surface area (Å²) in [5, 5.41) is 3.63. The molecule has 1 fully saturated rings. The van der Waals surface area contributed by atoms with Crippen molar-refractivity contribution in [1.82, 2.24) is 10.2 Å². The molecule has 0 radical (unpaired) electrons. The molecule has 2 atom stereocenters. The number of piperidine rings is 1. The topological polar surface area (TPSA) is 15.3 Å². The molecule has 0 aliphatic carbocycles. The fourth-order valence-electron chi connectivity index (χ4n) is 3.07. The second kappa shape index (κ2) is 8.92. The maximum absolute atomic E-state index is 3.63. The summed E-state index contributed by atoms with van der Waals surface area (Å²) in [7, 11) is 0. The number of nitrogens with one attached hydrogen (secondary N) is 1. The summed E-state index contributed by atoms with van der Waals surface area (Å²) >= 11 is 0. The largest absolute Gasteiger partial charge is 0.315 e. The molecule has 0 aromatic carbocycles. The summed E-state index contributed by atoms with van der Waals surface area (Å²) in [6.45, 7) is 13.0. The Hall–Kier alpha value is -0.0800. The molecule has 1 rings (SSSR count). The van der Waals surface area contributed by atoms with Gasteiger partial charge in [-0.1, -0.05) is 33.6 Å². The van der Waals surface area contributed by atoms with Crippen LogP contribution in [0.25, 0.3) is 0 Å². The van der Waals surface area contributed by atoms with E-state index < -0.39 is 0 Å². The first-order valence-corrected chi connectivity index (χ1v) is 8.11. The van der Waals surface area contributed by atoms with E-state index >= 15 is 0 Å². The predicted molar refractivity (Wildman–Crippen MR) is 81.0 cm³/mol. The molecule has 0 amide bonds. The van der Waals surface area contributed by atoms with Crippen molar-refractivity contribution in [2.45, 2.75) is 78.3 Å². The van der Waals surface area contributed by atoms with Crippen molar-refractivity contribution in [3.05, 3.63) is 0 Å². The average Bonchev–Trinajstić information content (AvgIpc) is 2.35. The fourth-order valence-corrected chi connectivity index (χ4v) is 3.07. The monoisotopic (exact) mass is 254 g/mol. The van der Waals surface area contributed by atoms with E-state index in [-0.39, 0.29) is 0 Å². The Kier molecular flexibility index (Phi) is 7.92. The SMILES string of the molecule is CCCC1CCCCN1C(C)CNCCC(C)C. The zero-order valence-corrected chi connectivity index (χ0v) is 13.0. The fraction of sp³-hybridized carbons (Fsp3) is 1.00. The molecule has 1 heterocycles. The zero-order valence-electron chi connectivity index (χ0n) is 13.0. The van der Waals surface area contributed by atoms with Gasteiger partial charge in [0.25, 0.3) is 0 Å². The highest BCUT2D eigenvalue weighted by atomic mass is 15.2. The average molecular weight is 254 g/mol. The lowest BCUT2D eigenvalue weighted by Gasteiger charge is -2.40. The molecule has 2 heteroatoms. The summed E-state index contributed by atoms with van der Waals surface area (Å²) in [5.74, 6) is 0.815. The maximum atomic E-state index is 3.63. The quantitative estimate of drug-likeness (QED) is 0.665. The molecule has 2 nitrogen and oxygen atoms in total. The molecule has 1 aliphatic rings. The van der Waals surface area contributed by atoms with Gasteiger partial charge < -0.3 is 5.32 Å². The van der Waals surface area contributed by atoms with E-state index in [9.17, 15) is 0 Å². The molecule has 0 bridgehead atoms. The van der Waals surface area contributed by atoms with Crippen LogP contribution in [-0.2, 0) is 0 Å². The third-order valence-electron chi connectivity index (χ3n) is 4.20.